The van der Waals surface area contributed by atoms with E-state index >= 15 is 0 Å². The molecule has 9 heteroatoms. The van der Waals surface area contributed by atoms with Crippen molar-refractivity contribution >= 4 is 23.6 Å². The number of nitrogens with one attached hydrogen (secondary N) is 2. The molecule has 2 amide bonds. The molecule has 0 saturated heterocycles. The third-order valence-electron chi connectivity index (χ3n) is 8.03. The van der Waals surface area contributed by atoms with Crippen molar-refractivity contribution in [2.24, 2.45) is 0 Å². The molecule has 2 aromatic rings. The zero-order valence-electron chi connectivity index (χ0n) is 23.8. The molecule has 1 saturated carbocycles. The SMILES string of the molecule is C#Cc1cccc(C2(NC[C@@H](O)[C@@H]3Cc4ccc(c(F)c4)OCCCCC(=O)N(C)[C@@H](CCSC)C(=O)N3)CC2)c1. The van der Waals surface area contributed by atoms with Gasteiger partial charge in [0.05, 0.1) is 18.8 Å². The molecule has 3 atom stereocenters. The number of carbonyl (C=O) groups is 2. The van der Waals surface area contributed by atoms with Gasteiger partial charge in [0.25, 0.3) is 0 Å². The van der Waals surface area contributed by atoms with Gasteiger partial charge in [-0.2, -0.15) is 11.8 Å². The summed E-state index contributed by atoms with van der Waals surface area (Å²) in [5.41, 5.74) is 2.20. The predicted molar refractivity (Wildman–Crippen MR) is 160 cm³/mol. The maximum atomic E-state index is 14.9. The van der Waals surface area contributed by atoms with Crippen LogP contribution in [0.25, 0.3) is 0 Å². The van der Waals surface area contributed by atoms with Gasteiger partial charge in [-0.05, 0) is 85.9 Å². The number of hydrogen-bond donors (Lipinski definition) is 3. The largest absolute Gasteiger partial charge is 0.491 e. The second kappa shape index (κ2) is 14.2. The molecule has 2 aliphatic heterocycles. The molecule has 5 rings (SSSR count). The Morgan fingerprint density at radius 3 is 2.78 bits per heavy atom. The minimum Gasteiger partial charge on any atom is -0.491 e. The molecule has 220 valence electrons. The quantitative estimate of drug-likeness (QED) is 0.413. The van der Waals surface area contributed by atoms with Crippen LogP contribution in [-0.2, 0) is 21.5 Å². The third-order valence-corrected chi connectivity index (χ3v) is 8.67. The normalized spacial score (nSPS) is 22.0. The second-order valence-corrected chi connectivity index (χ2v) is 11.9. The smallest absolute Gasteiger partial charge is 0.243 e. The Morgan fingerprint density at radius 1 is 1.27 bits per heavy atom. The van der Waals surface area contributed by atoms with E-state index in [9.17, 15) is 19.1 Å². The monoisotopic (exact) mass is 581 g/mol. The zero-order chi connectivity index (χ0) is 29.4. The van der Waals surface area contributed by atoms with E-state index in [4.69, 9.17) is 11.2 Å². The topological polar surface area (TPSA) is 90.9 Å². The van der Waals surface area contributed by atoms with Crippen LogP contribution in [0.15, 0.2) is 42.5 Å². The van der Waals surface area contributed by atoms with Crippen LogP contribution in [0, 0.1) is 18.2 Å². The molecule has 1 aliphatic carbocycles. The van der Waals surface area contributed by atoms with Crippen molar-refractivity contribution in [3.05, 3.63) is 65.0 Å². The minimum atomic E-state index is -0.979. The number of amides is 2. The van der Waals surface area contributed by atoms with Gasteiger partial charge < -0.3 is 25.4 Å². The zero-order valence-corrected chi connectivity index (χ0v) is 24.6. The molecule has 2 heterocycles. The van der Waals surface area contributed by atoms with Crippen molar-refractivity contribution in [2.45, 2.75) is 68.7 Å². The summed E-state index contributed by atoms with van der Waals surface area (Å²) in [5, 5.41) is 17.9. The standard InChI is InChI=1S/C32H40FN3O4S/c1-4-22-8-7-9-24(18-22)32(14-15-32)34-21-28(37)26-20-23-11-12-29(25(33)19-23)40-16-6-5-10-30(38)36(2)27(13-17-41-3)31(39)35-26/h1,7-9,11-12,18-19,26-28,34,37H,5-6,10,13-17,20-21H2,2-3H3,(H,35,39)/t26-,27-,28+/m0/s1. The molecular formula is C32H40FN3O4S. The summed E-state index contributed by atoms with van der Waals surface area (Å²) < 4.78 is 20.5. The van der Waals surface area contributed by atoms with E-state index < -0.39 is 24.0 Å². The van der Waals surface area contributed by atoms with Crippen molar-refractivity contribution in [3.63, 3.8) is 0 Å². The number of benzene rings is 2. The van der Waals surface area contributed by atoms with Crippen molar-refractivity contribution < 1.29 is 23.8 Å². The van der Waals surface area contributed by atoms with Crippen LogP contribution in [0.3, 0.4) is 0 Å². The molecule has 0 radical (unpaired) electrons. The number of hydrogen-bond acceptors (Lipinski definition) is 6. The summed E-state index contributed by atoms with van der Waals surface area (Å²) in [6.45, 7) is 0.502. The number of fused-ring (bicyclic) bond motifs is 13. The molecule has 0 unspecified atom stereocenters. The average molecular weight is 582 g/mol. The molecule has 0 spiro atoms. The van der Waals surface area contributed by atoms with Gasteiger partial charge in [-0.25, -0.2) is 4.39 Å². The fourth-order valence-corrected chi connectivity index (χ4v) is 5.75. The number of nitrogens with zero attached hydrogens (tertiary/aromatic N) is 1. The Bertz CT molecular complexity index is 1260. The lowest BCUT2D eigenvalue weighted by Crippen LogP contribution is -2.55. The first kappa shape index (κ1) is 30.9. The lowest BCUT2D eigenvalue weighted by molar-refractivity contribution is -0.139. The Hall–Kier alpha value is -3.06. The molecule has 3 N–H and O–H groups in total. The maximum absolute atomic E-state index is 14.9. The highest BCUT2D eigenvalue weighted by atomic mass is 32.2. The Labute approximate surface area is 246 Å². The minimum absolute atomic E-state index is 0.128. The van der Waals surface area contributed by atoms with E-state index in [1.165, 1.54) is 11.0 Å². The number of carbonyl (C=O) groups excluding carboxylic acids is 2. The summed E-state index contributed by atoms with van der Waals surface area (Å²) >= 11 is 1.60. The van der Waals surface area contributed by atoms with Crippen LogP contribution in [-0.4, -0.2) is 72.2 Å². The first-order valence-electron chi connectivity index (χ1n) is 14.2. The van der Waals surface area contributed by atoms with Crippen LogP contribution in [0.5, 0.6) is 5.75 Å². The van der Waals surface area contributed by atoms with Gasteiger partial charge in [-0.15, -0.1) is 6.42 Å². The van der Waals surface area contributed by atoms with E-state index in [2.05, 4.69) is 16.6 Å². The fraction of sp³-hybridized carbons (Fsp3) is 0.500. The highest BCUT2D eigenvalue weighted by Gasteiger charge is 2.44. The fourth-order valence-electron chi connectivity index (χ4n) is 5.29. The van der Waals surface area contributed by atoms with Gasteiger partial charge >= 0.3 is 0 Å². The predicted octanol–water partition coefficient (Wildman–Crippen LogP) is 3.62. The number of aliphatic hydroxyl groups is 1. The van der Waals surface area contributed by atoms with E-state index in [0.717, 1.165) is 24.0 Å². The Kier molecular flexibility index (Phi) is 10.7. The molecule has 1 fully saturated rings. The van der Waals surface area contributed by atoms with Crippen molar-refractivity contribution in [1.29, 1.82) is 0 Å². The first-order valence-corrected chi connectivity index (χ1v) is 15.6. The third kappa shape index (κ3) is 8.03. The van der Waals surface area contributed by atoms with Crippen LogP contribution < -0.4 is 15.4 Å². The van der Waals surface area contributed by atoms with Crippen LogP contribution in [0.2, 0.25) is 0 Å². The summed E-state index contributed by atoms with van der Waals surface area (Å²) in [7, 11) is 1.66. The average Bonchev–Trinajstić information content (AvgIpc) is 3.77. The lowest BCUT2D eigenvalue weighted by atomic mass is 9.98. The summed E-state index contributed by atoms with van der Waals surface area (Å²) in [6, 6.07) is 11.2. The van der Waals surface area contributed by atoms with Crippen LogP contribution in [0.4, 0.5) is 4.39 Å². The van der Waals surface area contributed by atoms with Crippen LogP contribution in [0.1, 0.15) is 55.2 Å². The molecule has 0 aromatic heterocycles. The number of thioether (sulfide) groups is 1. The Morgan fingerprint density at radius 2 is 2.07 bits per heavy atom. The van der Waals surface area contributed by atoms with Gasteiger partial charge in [0.2, 0.25) is 11.8 Å². The van der Waals surface area contributed by atoms with E-state index in [1.54, 1.807) is 30.9 Å². The molecular weight excluding hydrogens is 541 g/mol. The van der Waals surface area contributed by atoms with Gasteiger partial charge in [0.1, 0.15) is 6.04 Å². The molecule has 2 aromatic carbocycles. The molecule has 3 aliphatic rings. The second-order valence-electron chi connectivity index (χ2n) is 10.9. The molecule has 41 heavy (non-hydrogen) atoms. The van der Waals surface area contributed by atoms with Gasteiger partial charge in [0, 0.05) is 31.1 Å². The molecule has 7 nitrogen and oxygen atoms in total. The highest BCUT2D eigenvalue weighted by molar-refractivity contribution is 7.98. The Balaban J connectivity index is 1.57. The van der Waals surface area contributed by atoms with E-state index in [-0.39, 0.29) is 42.5 Å². The van der Waals surface area contributed by atoms with E-state index in [1.807, 2.05) is 30.5 Å². The van der Waals surface area contributed by atoms with Crippen molar-refractivity contribution in [1.82, 2.24) is 15.5 Å². The summed E-state index contributed by atoms with van der Waals surface area (Å²) in [6.07, 6.45) is 10.5. The van der Waals surface area contributed by atoms with Crippen molar-refractivity contribution in [3.8, 4) is 18.1 Å². The van der Waals surface area contributed by atoms with Gasteiger partial charge in [-0.3, -0.25) is 9.59 Å². The molecule has 2 bridgehead atoms. The number of rotatable bonds is 8. The number of ether oxygens (including phenoxy) is 1. The van der Waals surface area contributed by atoms with Crippen LogP contribution >= 0.6 is 11.8 Å². The highest BCUT2D eigenvalue weighted by Crippen LogP contribution is 2.45. The van der Waals surface area contributed by atoms with Gasteiger partial charge in [0.15, 0.2) is 11.6 Å². The lowest BCUT2D eigenvalue weighted by Gasteiger charge is -2.32. The summed E-state index contributed by atoms with van der Waals surface area (Å²) in [5.74, 6) is 2.57. The number of aliphatic hydroxyl groups excluding tert-OH is 1. The van der Waals surface area contributed by atoms with Crippen molar-refractivity contribution in [2.75, 3.05) is 32.2 Å². The summed E-state index contributed by atoms with van der Waals surface area (Å²) in [4.78, 5) is 28.1. The maximum Gasteiger partial charge on any atom is 0.243 e. The van der Waals surface area contributed by atoms with E-state index in [0.29, 0.717) is 37.2 Å². The number of terminal acetylenes is 1. The number of halogens is 1. The first-order chi connectivity index (χ1) is 19.8. The number of likely N-dealkylation sites (N-methyl/N-ethyl adjacent to an activating group) is 1. The van der Waals surface area contributed by atoms with Gasteiger partial charge in [-0.1, -0.05) is 24.1 Å².